The van der Waals surface area contributed by atoms with Crippen molar-refractivity contribution in [2.45, 2.75) is 57.2 Å². The Labute approximate surface area is 154 Å². The number of hydrogen-bond donors (Lipinski definition) is 1. The molecule has 1 N–H and O–H groups in total. The van der Waals surface area contributed by atoms with Crippen molar-refractivity contribution in [1.82, 2.24) is 4.72 Å². The Morgan fingerprint density at radius 2 is 2.12 bits per heavy atom. The lowest BCUT2D eigenvalue weighted by Crippen LogP contribution is -2.64. The second-order valence-electron chi connectivity index (χ2n) is 6.37. The molecule has 2 rings (SSSR count). The van der Waals surface area contributed by atoms with Crippen molar-refractivity contribution in [3.8, 4) is 0 Å². The second-order valence-corrected chi connectivity index (χ2v) is 7.68. The van der Waals surface area contributed by atoms with E-state index in [0.29, 0.717) is 17.5 Å². The average Bonchev–Trinajstić information content (AvgIpc) is 2.57. The van der Waals surface area contributed by atoms with Gasteiger partial charge in [0.1, 0.15) is 5.75 Å². The molecular formula is C18H24F3NO3S. The fourth-order valence-corrected chi connectivity index (χ4v) is 4.47. The summed E-state index contributed by atoms with van der Waals surface area (Å²) in [5.74, 6) is -4.69. The number of alkyl halides is 3. The molecule has 0 heterocycles. The van der Waals surface area contributed by atoms with E-state index in [9.17, 15) is 13.7 Å². The molecule has 2 unspecified atom stereocenters. The van der Waals surface area contributed by atoms with Crippen LogP contribution in [-0.2, 0) is 32.9 Å². The molecule has 1 aromatic carbocycles. The van der Waals surface area contributed by atoms with Crippen LogP contribution < -0.4 is 4.72 Å². The van der Waals surface area contributed by atoms with Gasteiger partial charge in [0.2, 0.25) is 6.17 Å². The molecule has 1 aliphatic rings. The van der Waals surface area contributed by atoms with E-state index in [0.717, 1.165) is 6.42 Å². The molecule has 1 aliphatic carbocycles. The summed E-state index contributed by atoms with van der Waals surface area (Å²) in [6.45, 7) is 3.30. The van der Waals surface area contributed by atoms with Crippen LogP contribution in [0.2, 0.25) is 0 Å². The van der Waals surface area contributed by atoms with Gasteiger partial charge in [-0.15, -0.1) is 4.72 Å². The van der Waals surface area contributed by atoms with Crippen LogP contribution in [0.25, 0.3) is 0 Å². The number of hydrogen-bond acceptors (Lipinski definition) is 4. The highest BCUT2D eigenvalue weighted by atomic mass is 32.2. The molecule has 0 aliphatic heterocycles. The summed E-state index contributed by atoms with van der Waals surface area (Å²) in [6.07, 6.45) is -2.44. The van der Waals surface area contributed by atoms with E-state index in [1.165, 1.54) is 13.0 Å². The van der Waals surface area contributed by atoms with Crippen LogP contribution in [0.4, 0.5) is 13.2 Å². The Bertz CT molecular complexity index is 631. The van der Waals surface area contributed by atoms with E-state index in [4.69, 9.17) is 0 Å². The SMILES string of the molecule is CCCC[S+]([O-])N[C@]1(C(F)(F)CC(F)C(=O)OCC)Cc2ccccc21. The highest BCUT2D eigenvalue weighted by Crippen LogP contribution is 2.51. The number of carbonyl (C=O) groups excluding carboxylic acids is 1. The van der Waals surface area contributed by atoms with E-state index in [1.54, 1.807) is 18.2 Å². The Balaban J connectivity index is 2.25. The largest absolute Gasteiger partial charge is 0.598 e. The molecule has 0 radical (unpaired) electrons. The number of rotatable bonds is 10. The lowest BCUT2D eigenvalue weighted by atomic mass is 9.66. The predicted octanol–water partition coefficient (Wildman–Crippen LogP) is 3.42. The minimum atomic E-state index is -3.62. The summed E-state index contributed by atoms with van der Waals surface area (Å²) < 4.78 is 63.5. The van der Waals surface area contributed by atoms with Gasteiger partial charge in [0.05, 0.1) is 13.0 Å². The first-order valence-electron chi connectivity index (χ1n) is 8.70. The van der Waals surface area contributed by atoms with Crippen LogP contribution in [0.1, 0.15) is 44.2 Å². The maximum absolute atomic E-state index is 15.1. The Hall–Kier alpha value is -1.25. The molecule has 146 valence electrons. The normalized spacial score (nSPS) is 21.5. The van der Waals surface area contributed by atoms with Crippen molar-refractivity contribution >= 4 is 17.3 Å². The first kappa shape index (κ1) is 21.1. The summed E-state index contributed by atoms with van der Waals surface area (Å²) in [6, 6.07) is 6.57. The van der Waals surface area contributed by atoms with Crippen LogP contribution >= 0.6 is 0 Å². The van der Waals surface area contributed by atoms with Gasteiger partial charge in [-0.05, 0) is 24.5 Å². The lowest BCUT2D eigenvalue weighted by Gasteiger charge is -2.48. The number of halogens is 3. The number of carbonyl (C=O) groups is 1. The van der Waals surface area contributed by atoms with Gasteiger partial charge in [-0.3, -0.25) is 0 Å². The maximum atomic E-state index is 15.1. The third-order valence-corrected chi connectivity index (χ3v) is 5.74. The molecule has 4 nitrogen and oxygen atoms in total. The highest BCUT2D eigenvalue weighted by Gasteiger charge is 2.64. The monoisotopic (exact) mass is 391 g/mol. The topological polar surface area (TPSA) is 61.4 Å². The zero-order chi connectivity index (χ0) is 19.4. The smallest absolute Gasteiger partial charge is 0.340 e. The van der Waals surface area contributed by atoms with Crippen LogP contribution in [0, 0.1) is 0 Å². The van der Waals surface area contributed by atoms with Gasteiger partial charge in [-0.25, -0.2) is 18.0 Å². The molecule has 0 saturated heterocycles. The number of fused-ring (bicyclic) bond motifs is 1. The molecule has 8 heteroatoms. The zero-order valence-electron chi connectivity index (χ0n) is 14.9. The molecule has 1 aromatic rings. The molecular weight excluding hydrogens is 367 g/mol. The molecule has 0 aromatic heterocycles. The van der Waals surface area contributed by atoms with E-state index in [2.05, 4.69) is 9.46 Å². The molecule has 3 atom stereocenters. The minimum Gasteiger partial charge on any atom is -0.598 e. The lowest BCUT2D eigenvalue weighted by molar-refractivity contribution is -0.159. The average molecular weight is 391 g/mol. The third kappa shape index (κ3) is 4.18. The minimum absolute atomic E-state index is 0.0798. The predicted molar refractivity (Wildman–Crippen MR) is 94.0 cm³/mol. The van der Waals surface area contributed by atoms with Crippen molar-refractivity contribution in [3.05, 3.63) is 35.4 Å². The molecule has 0 spiro atoms. The first-order valence-corrected chi connectivity index (χ1v) is 10.0. The van der Waals surface area contributed by atoms with Crippen molar-refractivity contribution in [3.63, 3.8) is 0 Å². The fraction of sp³-hybridized carbons (Fsp3) is 0.611. The van der Waals surface area contributed by atoms with Gasteiger partial charge in [0.15, 0.2) is 5.54 Å². The van der Waals surface area contributed by atoms with Crippen LogP contribution in [-0.4, -0.2) is 35.0 Å². The Morgan fingerprint density at radius 1 is 1.42 bits per heavy atom. The number of benzene rings is 1. The van der Waals surface area contributed by atoms with Crippen molar-refractivity contribution in [2.75, 3.05) is 12.4 Å². The van der Waals surface area contributed by atoms with E-state index >= 15 is 8.78 Å². The van der Waals surface area contributed by atoms with Crippen LogP contribution in [0.3, 0.4) is 0 Å². The summed E-state index contributed by atoms with van der Waals surface area (Å²) in [4.78, 5) is 11.5. The number of ether oxygens (including phenoxy) is 1. The van der Waals surface area contributed by atoms with Crippen LogP contribution in [0.15, 0.2) is 24.3 Å². The number of unbranched alkanes of at least 4 members (excludes halogenated alkanes) is 1. The van der Waals surface area contributed by atoms with E-state index in [-0.39, 0.29) is 18.8 Å². The summed E-state index contributed by atoms with van der Waals surface area (Å²) >= 11 is -1.69. The van der Waals surface area contributed by atoms with Crippen LogP contribution in [0.5, 0.6) is 0 Å². The molecule has 0 amide bonds. The maximum Gasteiger partial charge on any atom is 0.340 e. The summed E-state index contributed by atoms with van der Waals surface area (Å²) in [5.41, 5.74) is -0.955. The molecule has 0 saturated carbocycles. The van der Waals surface area contributed by atoms with Gasteiger partial charge < -0.3 is 9.29 Å². The summed E-state index contributed by atoms with van der Waals surface area (Å²) in [7, 11) is 0. The Morgan fingerprint density at radius 3 is 2.73 bits per heavy atom. The van der Waals surface area contributed by atoms with E-state index in [1.807, 2.05) is 6.92 Å². The second kappa shape index (κ2) is 8.63. The standard InChI is InChI=1S/C18H24F3NO3S/c1-3-5-10-26(24)22-17(11-13-8-6-7-9-14(13)17)18(20,21)12-15(19)16(23)25-4-2/h6-9,15,22H,3-5,10-12H2,1-2H3/t15?,17-,26?/m1/s1. The summed E-state index contributed by atoms with van der Waals surface area (Å²) in [5, 5.41) is 0. The molecule has 26 heavy (non-hydrogen) atoms. The molecule has 0 bridgehead atoms. The molecule has 0 fully saturated rings. The van der Waals surface area contributed by atoms with Crippen molar-refractivity contribution in [2.24, 2.45) is 0 Å². The fourth-order valence-electron chi connectivity index (χ4n) is 3.09. The van der Waals surface area contributed by atoms with Gasteiger partial charge in [-0.1, -0.05) is 37.6 Å². The first-order chi connectivity index (χ1) is 12.3. The van der Waals surface area contributed by atoms with Gasteiger partial charge in [0.25, 0.3) is 5.92 Å². The van der Waals surface area contributed by atoms with Crippen molar-refractivity contribution in [1.29, 1.82) is 0 Å². The van der Waals surface area contributed by atoms with Gasteiger partial charge >= 0.3 is 5.97 Å². The van der Waals surface area contributed by atoms with Crippen molar-refractivity contribution < 1.29 is 27.3 Å². The van der Waals surface area contributed by atoms with Gasteiger partial charge in [-0.2, -0.15) is 0 Å². The Kier molecular flexibility index (Phi) is 6.99. The quantitative estimate of drug-likeness (QED) is 0.490. The third-order valence-electron chi connectivity index (χ3n) is 4.51. The zero-order valence-corrected chi connectivity index (χ0v) is 15.7. The number of nitrogens with one attached hydrogen (secondary N) is 1. The number of esters is 1. The van der Waals surface area contributed by atoms with Gasteiger partial charge in [0, 0.05) is 17.8 Å². The van der Waals surface area contributed by atoms with E-state index < -0.39 is 41.4 Å². The highest BCUT2D eigenvalue weighted by molar-refractivity contribution is 7.89.